The zero-order valence-corrected chi connectivity index (χ0v) is 16.7. The SMILES string of the molecule is O=C(Nc1ccc2c(c1)CCN2C(=O)c1ccoc1)c1cnc(-c2ccccc2)s1. The lowest BCUT2D eigenvalue weighted by molar-refractivity contribution is 0.0987. The summed E-state index contributed by atoms with van der Waals surface area (Å²) in [6.45, 7) is 0.603. The lowest BCUT2D eigenvalue weighted by atomic mass is 10.1. The van der Waals surface area contributed by atoms with Crippen LogP contribution in [0.3, 0.4) is 0 Å². The van der Waals surface area contributed by atoms with Crippen LogP contribution in [0.5, 0.6) is 0 Å². The average Bonchev–Trinajstić information content (AvgIpc) is 3.54. The molecule has 1 N–H and O–H groups in total. The molecule has 6 nitrogen and oxygen atoms in total. The summed E-state index contributed by atoms with van der Waals surface area (Å²) < 4.78 is 5.02. The van der Waals surface area contributed by atoms with Crippen molar-refractivity contribution >= 4 is 34.5 Å². The molecule has 0 saturated heterocycles. The van der Waals surface area contributed by atoms with Crippen LogP contribution in [0.25, 0.3) is 10.6 Å². The smallest absolute Gasteiger partial charge is 0.267 e. The highest BCUT2D eigenvalue weighted by atomic mass is 32.1. The van der Waals surface area contributed by atoms with Crippen LogP contribution < -0.4 is 10.2 Å². The largest absolute Gasteiger partial charge is 0.472 e. The molecule has 30 heavy (non-hydrogen) atoms. The number of hydrogen-bond acceptors (Lipinski definition) is 5. The number of fused-ring (bicyclic) bond motifs is 1. The minimum Gasteiger partial charge on any atom is -0.472 e. The second kappa shape index (κ2) is 7.61. The molecule has 2 aromatic carbocycles. The molecule has 0 atom stereocenters. The van der Waals surface area contributed by atoms with Crippen molar-refractivity contribution in [2.24, 2.45) is 0 Å². The molecule has 0 radical (unpaired) electrons. The van der Waals surface area contributed by atoms with E-state index in [4.69, 9.17) is 4.42 Å². The van der Waals surface area contributed by atoms with Crippen molar-refractivity contribution in [1.82, 2.24) is 4.98 Å². The minimum absolute atomic E-state index is 0.0858. The Bertz CT molecular complexity index is 1220. The normalized spacial score (nSPS) is 12.6. The van der Waals surface area contributed by atoms with E-state index in [9.17, 15) is 9.59 Å². The van der Waals surface area contributed by atoms with Crippen molar-refractivity contribution in [2.75, 3.05) is 16.8 Å². The van der Waals surface area contributed by atoms with Crippen molar-refractivity contribution < 1.29 is 14.0 Å². The van der Waals surface area contributed by atoms with E-state index < -0.39 is 0 Å². The lowest BCUT2D eigenvalue weighted by Crippen LogP contribution is -2.28. The first-order chi connectivity index (χ1) is 14.7. The van der Waals surface area contributed by atoms with Crippen molar-refractivity contribution in [2.45, 2.75) is 6.42 Å². The molecule has 0 bridgehead atoms. The van der Waals surface area contributed by atoms with Crippen LogP contribution in [0.4, 0.5) is 11.4 Å². The third-order valence-electron chi connectivity index (χ3n) is 5.00. The Kier molecular flexibility index (Phi) is 4.65. The Morgan fingerprint density at radius 2 is 1.97 bits per heavy atom. The first-order valence-corrected chi connectivity index (χ1v) is 10.3. The molecular formula is C23H17N3O3S. The fraction of sp³-hybridized carbons (Fsp3) is 0.0870. The number of benzene rings is 2. The van der Waals surface area contributed by atoms with Crippen LogP contribution in [0.1, 0.15) is 25.6 Å². The number of rotatable bonds is 4. The fourth-order valence-electron chi connectivity index (χ4n) is 3.52. The maximum atomic E-state index is 12.7. The fourth-order valence-corrected chi connectivity index (χ4v) is 4.34. The van der Waals surface area contributed by atoms with E-state index in [1.807, 2.05) is 48.5 Å². The van der Waals surface area contributed by atoms with Crippen molar-refractivity contribution in [1.29, 1.82) is 0 Å². The summed E-state index contributed by atoms with van der Waals surface area (Å²) in [5, 5.41) is 3.75. The van der Waals surface area contributed by atoms with Gasteiger partial charge in [-0.1, -0.05) is 30.3 Å². The van der Waals surface area contributed by atoms with Crippen LogP contribution in [0.2, 0.25) is 0 Å². The number of thiazole rings is 1. The highest BCUT2D eigenvalue weighted by molar-refractivity contribution is 7.17. The minimum atomic E-state index is -0.195. The third kappa shape index (κ3) is 3.40. The molecule has 7 heteroatoms. The van der Waals surface area contributed by atoms with Gasteiger partial charge in [0.15, 0.2) is 0 Å². The van der Waals surface area contributed by atoms with E-state index in [1.54, 1.807) is 17.2 Å². The maximum absolute atomic E-state index is 12.7. The van der Waals surface area contributed by atoms with E-state index in [0.29, 0.717) is 22.7 Å². The quantitative estimate of drug-likeness (QED) is 0.517. The van der Waals surface area contributed by atoms with Gasteiger partial charge in [-0.25, -0.2) is 4.98 Å². The molecule has 1 aliphatic heterocycles. The summed E-state index contributed by atoms with van der Waals surface area (Å²) in [6.07, 6.45) is 5.28. The summed E-state index contributed by atoms with van der Waals surface area (Å²) in [5.74, 6) is -0.281. The van der Waals surface area contributed by atoms with Gasteiger partial charge in [-0.15, -0.1) is 11.3 Å². The van der Waals surface area contributed by atoms with Gasteiger partial charge in [-0.2, -0.15) is 0 Å². The number of amides is 2. The van der Waals surface area contributed by atoms with Gasteiger partial charge in [0.05, 0.1) is 18.0 Å². The van der Waals surface area contributed by atoms with Gasteiger partial charge in [0.1, 0.15) is 16.1 Å². The van der Waals surface area contributed by atoms with Gasteiger partial charge in [0.25, 0.3) is 11.8 Å². The summed E-state index contributed by atoms with van der Waals surface area (Å²) in [6, 6.07) is 17.1. The zero-order chi connectivity index (χ0) is 20.5. The molecule has 3 heterocycles. The molecule has 1 aliphatic rings. The number of carbonyl (C=O) groups excluding carboxylic acids is 2. The highest BCUT2D eigenvalue weighted by Gasteiger charge is 2.26. The molecule has 0 fully saturated rings. The predicted octanol–water partition coefficient (Wildman–Crippen LogP) is 4.86. The molecule has 2 aromatic heterocycles. The Morgan fingerprint density at radius 3 is 2.77 bits per heavy atom. The maximum Gasteiger partial charge on any atom is 0.267 e. The number of nitrogens with zero attached hydrogens (tertiary/aromatic N) is 2. The van der Waals surface area contributed by atoms with Crippen LogP contribution in [-0.2, 0) is 6.42 Å². The second-order valence-electron chi connectivity index (χ2n) is 6.91. The van der Waals surface area contributed by atoms with E-state index >= 15 is 0 Å². The van der Waals surface area contributed by atoms with E-state index in [1.165, 1.54) is 23.9 Å². The van der Waals surface area contributed by atoms with Gasteiger partial charge in [-0.05, 0) is 36.2 Å². The zero-order valence-electron chi connectivity index (χ0n) is 15.9. The molecular weight excluding hydrogens is 398 g/mol. The van der Waals surface area contributed by atoms with Gasteiger partial charge >= 0.3 is 0 Å². The monoisotopic (exact) mass is 415 g/mol. The molecule has 5 rings (SSSR count). The molecule has 0 unspecified atom stereocenters. The molecule has 4 aromatic rings. The van der Waals surface area contributed by atoms with Crippen LogP contribution in [0, 0.1) is 0 Å². The molecule has 2 amide bonds. The van der Waals surface area contributed by atoms with Gasteiger partial charge in [-0.3, -0.25) is 9.59 Å². The molecule has 148 valence electrons. The average molecular weight is 415 g/mol. The van der Waals surface area contributed by atoms with Crippen LogP contribution in [-0.4, -0.2) is 23.3 Å². The van der Waals surface area contributed by atoms with Gasteiger partial charge < -0.3 is 14.6 Å². The third-order valence-corrected chi connectivity index (χ3v) is 6.04. The Balaban J connectivity index is 1.32. The van der Waals surface area contributed by atoms with Crippen LogP contribution >= 0.6 is 11.3 Å². The molecule has 0 spiro atoms. The summed E-state index contributed by atoms with van der Waals surface area (Å²) >= 11 is 1.36. The van der Waals surface area contributed by atoms with Gasteiger partial charge in [0, 0.05) is 23.5 Å². The highest BCUT2D eigenvalue weighted by Crippen LogP contribution is 2.32. The number of anilines is 2. The number of aromatic nitrogens is 1. The predicted molar refractivity (Wildman–Crippen MR) is 116 cm³/mol. The standard InChI is InChI=1S/C23H17N3O3S/c27-21(20-13-24-22(30-20)15-4-2-1-3-5-15)25-18-6-7-19-16(12-18)8-10-26(19)23(28)17-9-11-29-14-17/h1-7,9,11-14H,8,10H2,(H,25,27). The lowest BCUT2D eigenvalue weighted by Gasteiger charge is -2.16. The topological polar surface area (TPSA) is 75.4 Å². The Morgan fingerprint density at radius 1 is 1.10 bits per heavy atom. The van der Waals surface area contributed by atoms with Crippen LogP contribution in [0.15, 0.2) is 77.7 Å². The number of nitrogens with one attached hydrogen (secondary N) is 1. The first kappa shape index (κ1) is 18.3. The summed E-state index contributed by atoms with van der Waals surface area (Å²) in [4.78, 5) is 32.0. The number of carbonyl (C=O) groups is 2. The van der Waals surface area contributed by atoms with E-state index in [2.05, 4.69) is 10.3 Å². The summed E-state index contributed by atoms with van der Waals surface area (Å²) in [7, 11) is 0. The molecule has 0 saturated carbocycles. The second-order valence-corrected chi connectivity index (χ2v) is 7.94. The van der Waals surface area contributed by atoms with Crippen molar-refractivity contribution in [3.8, 4) is 10.6 Å². The Labute approximate surface area is 176 Å². The number of furan rings is 1. The van der Waals surface area contributed by atoms with Crippen molar-refractivity contribution in [3.05, 3.63) is 89.3 Å². The summed E-state index contributed by atoms with van der Waals surface area (Å²) in [5.41, 5.74) is 4.11. The van der Waals surface area contributed by atoms with Crippen molar-refractivity contribution in [3.63, 3.8) is 0 Å². The van der Waals surface area contributed by atoms with E-state index in [-0.39, 0.29) is 11.8 Å². The van der Waals surface area contributed by atoms with Gasteiger partial charge in [0.2, 0.25) is 0 Å². The molecule has 0 aliphatic carbocycles. The van der Waals surface area contributed by atoms with E-state index in [0.717, 1.165) is 28.2 Å². The Hall–Kier alpha value is -3.71. The number of hydrogen-bond donors (Lipinski definition) is 1. The first-order valence-electron chi connectivity index (χ1n) is 9.48.